The molecule has 1 heteroatoms. The van der Waals surface area contributed by atoms with Gasteiger partial charge in [0.15, 0.2) is 0 Å². The molecule has 0 nitrogen and oxygen atoms in total. The smallest absolute Gasteiger partial charge is 0.0679 e. The first kappa shape index (κ1) is 28.4. The van der Waals surface area contributed by atoms with E-state index < -0.39 is 8.07 Å². The zero-order valence-corrected chi connectivity index (χ0v) is 28.2. The molecular weight excluding hydrogens is 485 g/mol. The number of benzene rings is 2. The first-order chi connectivity index (χ1) is 17.9. The van der Waals surface area contributed by atoms with Crippen molar-refractivity contribution in [1.82, 2.24) is 0 Å². The van der Waals surface area contributed by atoms with Gasteiger partial charge in [-0.15, -0.1) is 0 Å². The average Bonchev–Trinajstić information content (AvgIpc) is 3.47. The summed E-state index contributed by atoms with van der Waals surface area (Å²) in [6.45, 7) is 31.5. The van der Waals surface area contributed by atoms with Crippen LogP contribution in [0.2, 0.25) is 18.6 Å². The Hall–Kier alpha value is -2.12. The van der Waals surface area contributed by atoms with Gasteiger partial charge in [-0.3, -0.25) is 0 Å². The summed E-state index contributed by atoms with van der Waals surface area (Å²) in [7, 11) is -1.78. The summed E-state index contributed by atoms with van der Waals surface area (Å²) in [5.41, 5.74) is 21.7. The van der Waals surface area contributed by atoms with Crippen molar-refractivity contribution < 1.29 is 0 Å². The van der Waals surface area contributed by atoms with Gasteiger partial charge in [-0.2, -0.15) is 0 Å². The van der Waals surface area contributed by atoms with Gasteiger partial charge in [-0.25, -0.2) is 0 Å². The molecule has 5 rings (SSSR count). The van der Waals surface area contributed by atoms with Crippen LogP contribution in [0.4, 0.5) is 0 Å². The molecule has 0 fully saturated rings. The van der Waals surface area contributed by atoms with E-state index in [0.717, 1.165) is 0 Å². The van der Waals surface area contributed by atoms with Crippen LogP contribution >= 0.6 is 0 Å². The number of rotatable bonds is 3. The zero-order chi connectivity index (χ0) is 28.8. The van der Waals surface area contributed by atoms with E-state index in [9.17, 15) is 0 Å². The minimum absolute atomic E-state index is 0.117. The van der Waals surface area contributed by atoms with Crippen molar-refractivity contribution >= 4 is 14.1 Å². The van der Waals surface area contributed by atoms with Crippen molar-refractivity contribution in [1.29, 1.82) is 0 Å². The van der Waals surface area contributed by atoms with E-state index in [2.05, 4.69) is 120 Å². The van der Waals surface area contributed by atoms with Crippen LogP contribution in [0.5, 0.6) is 0 Å². The lowest BCUT2D eigenvalue weighted by Gasteiger charge is -2.39. The fourth-order valence-electron chi connectivity index (χ4n) is 8.32. The first-order valence-electron chi connectivity index (χ1n) is 15.3. The molecule has 0 radical (unpaired) electrons. The molecule has 0 amide bonds. The van der Waals surface area contributed by atoms with Crippen LogP contribution in [0.25, 0.3) is 17.2 Å². The lowest BCUT2D eigenvalue weighted by atomic mass is 9.77. The maximum atomic E-state index is 2.68. The van der Waals surface area contributed by atoms with Crippen LogP contribution in [-0.2, 0) is 23.7 Å². The van der Waals surface area contributed by atoms with Gasteiger partial charge in [-0.1, -0.05) is 102 Å². The fraction of sp³-hybridized carbons (Fsp3) is 0.526. The first-order valence-corrected chi connectivity index (χ1v) is 18.5. The molecule has 1 atom stereocenters. The van der Waals surface area contributed by atoms with Crippen LogP contribution in [0.3, 0.4) is 0 Å². The molecule has 1 unspecified atom stereocenters. The predicted molar refractivity (Wildman–Crippen MR) is 176 cm³/mol. The number of fused-ring (bicyclic) bond motifs is 2. The molecule has 2 aromatic carbocycles. The zero-order valence-electron chi connectivity index (χ0n) is 27.2. The maximum absolute atomic E-state index is 2.68. The summed E-state index contributed by atoms with van der Waals surface area (Å²) in [4.78, 5) is 0. The second-order valence-corrected chi connectivity index (χ2v) is 20.5. The molecule has 3 aliphatic carbocycles. The highest BCUT2D eigenvalue weighted by atomic mass is 28.3. The van der Waals surface area contributed by atoms with E-state index in [0.29, 0.717) is 11.1 Å². The number of hydrogen-bond acceptors (Lipinski definition) is 0. The average molecular weight is 537 g/mol. The van der Waals surface area contributed by atoms with Gasteiger partial charge < -0.3 is 0 Å². The Morgan fingerprint density at radius 2 is 1.23 bits per heavy atom. The van der Waals surface area contributed by atoms with Crippen molar-refractivity contribution in [2.45, 2.75) is 130 Å². The Bertz CT molecular complexity index is 1400. The third kappa shape index (κ3) is 4.48. The highest BCUT2D eigenvalue weighted by Crippen LogP contribution is 2.56. The van der Waals surface area contributed by atoms with Crippen LogP contribution in [0.15, 0.2) is 52.1 Å². The molecule has 2 aromatic rings. The van der Waals surface area contributed by atoms with E-state index in [4.69, 9.17) is 0 Å². The molecule has 3 aliphatic rings. The normalized spacial score (nSPS) is 20.2. The summed E-state index contributed by atoms with van der Waals surface area (Å²) in [6, 6.07) is 10.2. The van der Waals surface area contributed by atoms with E-state index >= 15 is 0 Å². The fourth-order valence-corrected chi connectivity index (χ4v) is 13.6. The van der Waals surface area contributed by atoms with Crippen LogP contribution < -0.4 is 0 Å². The molecule has 0 bridgehead atoms. The van der Waals surface area contributed by atoms with Gasteiger partial charge >= 0.3 is 0 Å². The van der Waals surface area contributed by atoms with Crippen molar-refractivity contribution in [2.24, 2.45) is 0 Å². The van der Waals surface area contributed by atoms with Crippen LogP contribution in [0, 0.1) is 0 Å². The minimum Gasteiger partial charge on any atom is -0.0679 e. The third-order valence-electron chi connectivity index (χ3n) is 10.7. The Kier molecular flexibility index (Phi) is 6.70. The standard InChI is InChI=1S/C38H52Si/c1-22-17-32-33(35(22)39(12,13)36-25(4)23(2)24(3)26(36)5)20-27-15-14-16-31(27)34(32)28-18-29(37(6,7)8)21-30(19-28)38(9,10)11/h17-21,35-36H,14-16H2,1-13H3. The number of allylic oxidation sites excluding steroid dienone is 5. The van der Waals surface area contributed by atoms with Gasteiger partial charge in [0.1, 0.15) is 0 Å². The molecule has 39 heavy (non-hydrogen) atoms. The topological polar surface area (TPSA) is 0 Å². The Labute approximate surface area is 240 Å². The predicted octanol–water partition coefficient (Wildman–Crippen LogP) is 11.2. The van der Waals surface area contributed by atoms with Gasteiger partial charge in [0.2, 0.25) is 0 Å². The summed E-state index contributed by atoms with van der Waals surface area (Å²) in [5, 5.41) is 0. The SMILES string of the molecule is CC1=Cc2c(cc3c(c2-c2cc(C(C)(C)C)cc(C(C)(C)C)c2)CCC3)C1[Si](C)(C)C1C(C)=C(C)C(C)=C1C. The highest BCUT2D eigenvalue weighted by molar-refractivity contribution is 6.82. The van der Waals surface area contributed by atoms with Gasteiger partial charge in [0, 0.05) is 5.54 Å². The van der Waals surface area contributed by atoms with Crippen molar-refractivity contribution in [3.8, 4) is 11.1 Å². The minimum atomic E-state index is -1.78. The second kappa shape index (κ2) is 9.20. The molecule has 0 spiro atoms. The lowest BCUT2D eigenvalue weighted by Crippen LogP contribution is -2.41. The van der Waals surface area contributed by atoms with Gasteiger partial charge in [0.25, 0.3) is 0 Å². The molecule has 0 aromatic heterocycles. The quantitative estimate of drug-likeness (QED) is 0.342. The molecule has 0 aliphatic heterocycles. The largest absolute Gasteiger partial charge is 0.0717 e. The summed E-state index contributed by atoms with van der Waals surface area (Å²) >= 11 is 0. The van der Waals surface area contributed by atoms with E-state index in [-0.39, 0.29) is 10.8 Å². The van der Waals surface area contributed by atoms with Crippen molar-refractivity contribution in [3.63, 3.8) is 0 Å². The Morgan fingerprint density at radius 3 is 1.74 bits per heavy atom. The number of aryl methyl sites for hydroxylation is 1. The Balaban J connectivity index is 1.76. The molecular formula is C38H52Si. The molecule has 208 valence electrons. The summed E-state index contributed by atoms with van der Waals surface area (Å²) in [6.07, 6.45) is 6.34. The van der Waals surface area contributed by atoms with Crippen molar-refractivity contribution in [2.75, 3.05) is 0 Å². The van der Waals surface area contributed by atoms with Gasteiger partial charge in [0.05, 0.1) is 8.07 Å². The summed E-state index contributed by atoms with van der Waals surface area (Å²) < 4.78 is 0. The van der Waals surface area contributed by atoms with E-state index in [1.807, 2.05) is 0 Å². The monoisotopic (exact) mass is 536 g/mol. The second-order valence-electron chi connectivity index (χ2n) is 15.7. The third-order valence-corrected chi connectivity index (χ3v) is 15.3. The highest BCUT2D eigenvalue weighted by Gasteiger charge is 2.47. The lowest BCUT2D eigenvalue weighted by molar-refractivity contribution is 0.569. The summed E-state index contributed by atoms with van der Waals surface area (Å²) in [5.74, 6) is 0. The van der Waals surface area contributed by atoms with Crippen molar-refractivity contribution in [3.05, 3.63) is 85.5 Å². The van der Waals surface area contributed by atoms with E-state index in [1.165, 1.54) is 36.0 Å². The van der Waals surface area contributed by atoms with Gasteiger partial charge in [-0.05, 0) is 126 Å². The molecule has 0 heterocycles. The number of hydrogen-bond donors (Lipinski definition) is 0. The molecule has 0 saturated heterocycles. The molecule has 0 saturated carbocycles. The molecule has 0 N–H and O–H groups in total. The van der Waals surface area contributed by atoms with Crippen LogP contribution in [-0.4, -0.2) is 8.07 Å². The maximum Gasteiger partial charge on any atom is 0.0717 e. The Morgan fingerprint density at radius 1 is 0.692 bits per heavy atom. The van der Waals surface area contributed by atoms with Crippen LogP contribution in [0.1, 0.15) is 122 Å². The van der Waals surface area contributed by atoms with E-state index in [1.54, 1.807) is 55.7 Å².